The maximum Gasteiger partial charge on any atom is -1.00 e. The average molecular weight is 246 g/mol. The number of alkyl halides is 3. The molecule has 5 heteroatoms. The van der Waals surface area contributed by atoms with Gasteiger partial charge < -0.3 is 12.4 Å². The van der Waals surface area contributed by atoms with Crippen LogP contribution in [0.5, 0.6) is 0 Å². The summed E-state index contributed by atoms with van der Waals surface area (Å²) in [6.45, 7) is 0. The normalized spacial score (nSPS) is 10.8. The summed E-state index contributed by atoms with van der Waals surface area (Å²) >= 11 is 0.537. The third-order valence-corrected chi connectivity index (χ3v) is 2.62. The summed E-state index contributed by atoms with van der Waals surface area (Å²) in [6, 6.07) is 5.64. The number of hydrogen-bond acceptors (Lipinski definition) is 0. The van der Waals surface area contributed by atoms with Gasteiger partial charge in [0, 0.05) is 0 Å². The minimum absolute atomic E-state index is 0. The van der Waals surface area contributed by atoms with Crippen LogP contribution in [0.4, 0.5) is 13.2 Å². The molecule has 1 aromatic rings. The standard InChI is InChI=1S/C7H4F3.ClH.Zn/c8-7(9,10)6-4-2-1-3-5-6;;/h1-4H;1H;/q;;+1/p-1. The zero-order valence-corrected chi connectivity index (χ0v) is 9.75. The van der Waals surface area contributed by atoms with Gasteiger partial charge in [-0.2, -0.15) is 0 Å². The van der Waals surface area contributed by atoms with Crippen LogP contribution in [0.2, 0.25) is 0 Å². The summed E-state index contributed by atoms with van der Waals surface area (Å²) < 4.78 is 36.6. The van der Waals surface area contributed by atoms with Gasteiger partial charge in [0.1, 0.15) is 0 Å². The Morgan fingerprint density at radius 1 is 1.08 bits per heavy atom. The van der Waals surface area contributed by atoms with Gasteiger partial charge in [-0.25, -0.2) is 0 Å². The van der Waals surface area contributed by atoms with Gasteiger partial charge >= 0.3 is 71.6 Å². The molecule has 0 N–H and O–H groups in total. The zero-order valence-electron chi connectivity index (χ0n) is 6.03. The Morgan fingerprint density at radius 2 is 1.58 bits per heavy atom. The van der Waals surface area contributed by atoms with Crippen LogP contribution in [0.1, 0.15) is 5.56 Å². The minimum Gasteiger partial charge on any atom is -1.00 e. The molecule has 0 saturated heterocycles. The van der Waals surface area contributed by atoms with Crippen molar-refractivity contribution in [2.45, 2.75) is 6.18 Å². The quantitative estimate of drug-likeness (QED) is 0.509. The minimum atomic E-state index is -4.19. The first-order valence-electron chi connectivity index (χ1n) is 3.00. The molecule has 12 heavy (non-hydrogen) atoms. The number of rotatable bonds is 0. The van der Waals surface area contributed by atoms with Crippen LogP contribution >= 0.6 is 0 Å². The van der Waals surface area contributed by atoms with Crippen molar-refractivity contribution < 1.29 is 43.9 Å². The third kappa shape index (κ3) is 2.76. The second-order valence-electron chi connectivity index (χ2n) is 2.15. The maximum atomic E-state index is 12.1. The maximum absolute atomic E-state index is 12.1. The van der Waals surface area contributed by atoms with E-state index in [0.717, 1.165) is 6.07 Å². The van der Waals surface area contributed by atoms with Crippen molar-refractivity contribution in [1.29, 1.82) is 0 Å². The van der Waals surface area contributed by atoms with Crippen LogP contribution in [0, 0.1) is 0 Å². The molecule has 0 nitrogen and oxygen atoms in total. The van der Waals surface area contributed by atoms with Crippen molar-refractivity contribution in [2.75, 3.05) is 0 Å². The van der Waals surface area contributed by atoms with Crippen LogP contribution in [0.15, 0.2) is 24.3 Å². The van der Waals surface area contributed by atoms with E-state index in [9.17, 15) is 13.2 Å². The van der Waals surface area contributed by atoms with Gasteiger partial charge in [-0.05, 0) is 0 Å². The first-order valence-corrected chi connectivity index (χ1v) is 4.48. The second-order valence-corrected chi connectivity index (χ2v) is 3.75. The van der Waals surface area contributed by atoms with Crippen molar-refractivity contribution in [1.82, 2.24) is 0 Å². The summed E-state index contributed by atoms with van der Waals surface area (Å²) in [7, 11) is 0. The molecule has 0 aliphatic heterocycles. The fourth-order valence-electron chi connectivity index (χ4n) is 0.797. The predicted molar refractivity (Wildman–Crippen MR) is 31.1 cm³/mol. The fourth-order valence-corrected chi connectivity index (χ4v) is 1.75. The van der Waals surface area contributed by atoms with E-state index in [1.54, 1.807) is 6.07 Å². The number of benzene rings is 1. The van der Waals surface area contributed by atoms with E-state index in [1.807, 2.05) is 0 Å². The Kier molecular flexibility index (Phi) is 4.22. The number of halogens is 4. The molecule has 0 atom stereocenters. The molecule has 0 bridgehead atoms. The molecule has 0 spiro atoms. The summed E-state index contributed by atoms with van der Waals surface area (Å²) in [5.41, 5.74) is -0.500. The van der Waals surface area contributed by atoms with Crippen LogP contribution in [0.25, 0.3) is 0 Å². The molecule has 1 rings (SSSR count). The molecule has 0 saturated carbocycles. The van der Waals surface area contributed by atoms with Crippen LogP contribution < -0.4 is 16.6 Å². The van der Waals surface area contributed by atoms with Crippen LogP contribution in [0.3, 0.4) is 0 Å². The van der Waals surface area contributed by atoms with E-state index >= 15 is 0 Å². The second kappa shape index (κ2) is 4.24. The van der Waals surface area contributed by atoms with E-state index < -0.39 is 11.7 Å². The predicted octanol–water partition coefficient (Wildman–Crippen LogP) is -1.12. The van der Waals surface area contributed by atoms with Crippen molar-refractivity contribution >= 4 is 4.16 Å². The first kappa shape index (κ1) is 11.9. The third-order valence-electron chi connectivity index (χ3n) is 1.32. The molecule has 0 heterocycles. The van der Waals surface area contributed by atoms with Gasteiger partial charge in [-0.15, -0.1) is 0 Å². The van der Waals surface area contributed by atoms with Crippen molar-refractivity contribution in [3.05, 3.63) is 29.8 Å². The van der Waals surface area contributed by atoms with Gasteiger partial charge in [0.05, 0.1) is 0 Å². The Balaban J connectivity index is 0.00000121. The van der Waals surface area contributed by atoms with E-state index in [2.05, 4.69) is 0 Å². The van der Waals surface area contributed by atoms with Crippen LogP contribution in [-0.4, -0.2) is 0 Å². The average Bonchev–Trinajstić information content (AvgIpc) is 1.86. The Hall–Kier alpha value is -0.0766. The molecule has 0 aromatic heterocycles. The fraction of sp³-hybridized carbons (Fsp3) is 0.143. The van der Waals surface area contributed by atoms with E-state index in [4.69, 9.17) is 0 Å². The van der Waals surface area contributed by atoms with E-state index in [1.165, 1.54) is 12.1 Å². The summed E-state index contributed by atoms with van der Waals surface area (Å²) in [4.78, 5) is 0. The molecule has 0 aliphatic rings. The molecular weight excluding hydrogens is 242 g/mol. The van der Waals surface area contributed by atoms with Gasteiger partial charge in [0.15, 0.2) is 0 Å². The molecule has 0 radical (unpaired) electrons. The SMILES string of the molecule is FC(F)(F)c1cccc[c]1[Zn+].[Cl-]. The van der Waals surface area contributed by atoms with Crippen molar-refractivity contribution in [2.24, 2.45) is 0 Å². The molecule has 0 fully saturated rings. The van der Waals surface area contributed by atoms with E-state index in [0.29, 0.717) is 22.5 Å². The zero-order chi connectivity index (χ0) is 8.48. The van der Waals surface area contributed by atoms with Gasteiger partial charge in [0.2, 0.25) is 0 Å². The van der Waals surface area contributed by atoms with E-state index in [-0.39, 0.29) is 12.4 Å². The summed E-state index contributed by atoms with van der Waals surface area (Å²) in [5, 5.41) is 0. The Morgan fingerprint density at radius 3 is 1.92 bits per heavy atom. The Labute approximate surface area is 84.2 Å². The first-order chi connectivity index (χ1) is 5.02. The summed E-state index contributed by atoms with van der Waals surface area (Å²) in [5.74, 6) is 0. The topological polar surface area (TPSA) is 0 Å². The van der Waals surface area contributed by atoms with Gasteiger partial charge in [-0.1, -0.05) is 0 Å². The van der Waals surface area contributed by atoms with Crippen LogP contribution in [-0.2, 0) is 24.5 Å². The van der Waals surface area contributed by atoms with Crippen molar-refractivity contribution in [3.8, 4) is 0 Å². The number of hydrogen-bond donors (Lipinski definition) is 0. The van der Waals surface area contributed by atoms with Gasteiger partial charge in [0.25, 0.3) is 0 Å². The monoisotopic (exact) mass is 244 g/mol. The summed E-state index contributed by atoms with van der Waals surface area (Å²) in [6.07, 6.45) is -4.19. The Bertz CT molecular complexity index is 259. The molecule has 1 aromatic carbocycles. The van der Waals surface area contributed by atoms with Crippen molar-refractivity contribution in [3.63, 3.8) is 0 Å². The molecule has 0 aliphatic carbocycles. The van der Waals surface area contributed by atoms with Gasteiger partial charge in [-0.3, -0.25) is 0 Å². The largest absolute Gasteiger partial charge is 1.00 e. The molecule has 0 unspecified atom stereocenters. The molecular formula is C7H4ClF3Zn. The smallest absolute Gasteiger partial charge is 1.00 e. The molecule has 62 valence electrons. The molecule has 0 amide bonds.